The van der Waals surface area contributed by atoms with Crippen LogP contribution in [-0.2, 0) is 0 Å². The molecule has 0 aliphatic carbocycles. The summed E-state index contributed by atoms with van der Waals surface area (Å²) in [6, 6.07) is 15.3. The zero-order chi connectivity index (χ0) is 22.4. The van der Waals surface area contributed by atoms with Gasteiger partial charge in [-0.15, -0.1) is 22.7 Å². The molecule has 1 unspecified atom stereocenters. The normalized spacial score (nSPS) is 16.8. The molecule has 9 heteroatoms. The maximum Gasteiger partial charge on any atom is 0.231 e. The van der Waals surface area contributed by atoms with E-state index in [1.54, 1.807) is 24.5 Å². The minimum Gasteiger partial charge on any atom is -0.507 e. The number of nitrogens with zero attached hydrogens (tertiary/aromatic N) is 3. The molecule has 0 spiro atoms. The highest BCUT2D eigenvalue weighted by Crippen LogP contribution is 2.43. The first kappa shape index (κ1) is 20.1. The summed E-state index contributed by atoms with van der Waals surface area (Å²) in [6.45, 7) is 0.241. The summed E-state index contributed by atoms with van der Waals surface area (Å²) in [5.41, 5.74) is 3.45. The molecule has 1 atom stereocenters. The summed E-state index contributed by atoms with van der Waals surface area (Å²) in [5.74, 6) is 2.23. The number of anilines is 1. The maximum atomic E-state index is 10.5. The fourth-order valence-electron chi connectivity index (χ4n) is 4.01. The lowest BCUT2D eigenvalue weighted by Crippen LogP contribution is -2.18. The molecule has 4 aromatic rings. The largest absolute Gasteiger partial charge is 0.507 e. The summed E-state index contributed by atoms with van der Waals surface area (Å²) in [6.07, 6.45) is 0.753. The molecule has 2 aliphatic heterocycles. The fraction of sp³-hybridized carbons (Fsp3) is 0.167. The average Bonchev–Trinajstić information content (AvgIpc) is 3.63. The Morgan fingerprint density at radius 1 is 1.09 bits per heavy atom. The predicted molar refractivity (Wildman–Crippen MR) is 129 cm³/mol. The molecule has 33 heavy (non-hydrogen) atoms. The molecule has 0 radical (unpaired) electrons. The van der Waals surface area contributed by atoms with E-state index in [4.69, 9.17) is 24.3 Å². The van der Waals surface area contributed by atoms with E-state index >= 15 is 0 Å². The third-order valence-corrected chi connectivity index (χ3v) is 7.42. The lowest BCUT2D eigenvalue weighted by Gasteiger charge is -2.21. The first-order valence-corrected chi connectivity index (χ1v) is 12.1. The quantitative estimate of drug-likeness (QED) is 0.399. The van der Waals surface area contributed by atoms with Crippen LogP contribution in [0.4, 0.5) is 5.13 Å². The molecule has 1 N–H and O–H groups in total. The number of hydrazone groups is 1. The second kappa shape index (κ2) is 8.09. The van der Waals surface area contributed by atoms with Crippen molar-refractivity contribution in [2.45, 2.75) is 12.5 Å². The van der Waals surface area contributed by atoms with E-state index in [-0.39, 0.29) is 18.6 Å². The fourth-order valence-corrected chi connectivity index (χ4v) is 5.55. The number of hydrogen-bond donors (Lipinski definition) is 1. The first-order valence-electron chi connectivity index (χ1n) is 10.3. The van der Waals surface area contributed by atoms with Crippen LogP contribution in [-0.4, -0.2) is 29.7 Å². The summed E-state index contributed by atoms with van der Waals surface area (Å²) < 4.78 is 16.3. The van der Waals surface area contributed by atoms with Crippen molar-refractivity contribution in [2.24, 2.45) is 5.10 Å². The number of rotatable bonds is 5. The first-order chi connectivity index (χ1) is 16.2. The molecular weight excluding hydrogens is 458 g/mol. The van der Waals surface area contributed by atoms with E-state index in [2.05, 4.69) is 17.5 Å². The number of aromatic nitrogens is 1. The zero-order valence-corrected chi connectivity index (χ0v) is 19.2. The van der Waals surface area contributed by atoms with Crippen LogP contribution < -0.4 is 19.2 Å². The third-order valence-electron chi connectivity index (χ3n) is 5.67. The Bertz CT molecular complexity index is 1350. The Hall–Kier alpha value is -3.56. The second-order valence-electron chi connectivity index (χ2n) is 7.60. The van der Waals surface area contributed by atoms with Crippen LogP contribution in [0.5, 0.6) is 23.0 Å². The van der Waals surface area contributed by atoms with Gasteiger partial charge in [-0.25, -0.2) is 9.99 Å². The number of fused-ring (bicyclic) bond motifs is 1. The van der Waals surface area contributed by atoms with Gasteiger partial charge in [0.05, 0.1) is 29.4 Å². The molecule has 2 aromatic heterocycles. The minimum atomic E-state index is -0.0277. The van der Waals surface area contributed by atoms with Crippen LogP contribution in [0.1, 0.15) is 22.9 Å². The Kier molecular flexibility index (Phi) is 4.92. The number of phenolic OH excluding ortho intramolecular Hbond substituents is 1. The van der Waals surface area contributed by atoms with Gasteiger partial charge >= 0.3 is 0 Å². The van der Waals surface area contributed by atoms with Gasteiger partial charge in [-0.2, -0.15) is 5.10 Å². The van der Waals surface area contributed by atoms with Crippen molar-refractivity contribution in [3.05, 3.63) is 69.7 Å². The standard InChI is InChI=1S/C24H19N3O4S2/c1-29-15-5-6-16(20(28)10-15)18-12-33-24(25-18)27-19(11-17(26-27)23-3-2-8-32-23)14-4-7-21-22(9-14)31-13-30-21/h2-10,12,19,28H,11,13H2,1H3. The Morgan fingerprint density at radius 2 is 2.00 bits per heavy atom. The Labute approximate surface area is 198 Å². The van der Waals surface area contributed by atoms with Gasteiger partial charge < -0.3 is 19.3 Å². The molecule has 0 bridgehead atoms. The number of methoxy groups -OCH3 is 1. The molecule has 0 amide bonds. The van der Waals surface area contributed by atoms with Crippen LogP contribution >= 0.6 is 22.7 Å². The highest BCUT2D eigenvalue weighted by molar-refractivity contribution is 7.14. The smallest absolute Gasteiger partial charge is 0.231 e. The van der Waals surface area contributed by atoms with Crippen LogP contribution in [0.15, 0.2) is 64.4 Å². The molecule has 6 rings (SSSR count). The summed E-state index contributed by atoms with van der Waals surface area (Å²) in [7, 11) is 1.57. The van der Waals surface area contributed by atoms with Gasteiger partial charge in [-0.05, 0) is 41.3 Å². The molecule has 166 valence electrons. The molecule has 2 aliphatic rings. The van der Waals surface area contributed by atoms with Gasteiger partial charge in [-0.1, -0.05) is 12.1 Å². The monoisotopic (exact) mass is 477 g/mol. The SMILES string of the molecule is COc1ccc(-c2csc(N3N=C(c4cccs4)CC3c3ccc4c(c3)OCO4)n2)c(O)c1. The molecule has 0 saturated heterocycles. The number of benzene rings is 2. The van der Waals surface area contributed by atoms with E-state index in [0.29, 0.717) is 17.0 Å². The number of thiazole rings is 1. The number of hydrogen-bond acceptors (Lipinski definition) is 9. The number of phenols is 1. The molecule has 0 saturated carbocycles. The van der Waals surface area contributed by atoms with Gasteiger partial charge in [-0.3, -0.25) is 0 Å². The van der Waals surface area contributed by atoms with Gasteiger partial charge in [0.25, 0.3) is 0 Å². The van der Waals surface area contributed by atoms with Gasteiger partial charge in [0, 0.05) is 23.4 Å². The third kappa shape index (κ3) is 3.59. The van der Waals surface area contributed by atoms with Crippen molar-refractivity contribution in [1.82, 2.24) is 4.98 Å². The zero-order valence-electron chi connectivity index (χ0n) is 17.6. The van der Waals surface area contributed by atoms with Crippen molar-refractivity contribution >= 4 is 33.5 Å². The topological polar surface area (TPSA) is 76.4 Å². The van der Waals surface area contributed by atoms with Crippen molar-refractivity contribution in [1.29, 1.82) is 0 Å². The van der Waals surface area contributed by atoms with E-state index < -0.39 is 0 Å². The van der Waals surface area contributed by atoms with Crippen LogP contribution in [0.25, 0.3) is 11.3 Å². The van der Waals surface area contributed by atoms with Crippen molar-refractivity contribution < 1.29 is 19.3 Å². The van der Waals surface area contributed by atoms with E-state index in [1.807, 2.05) is 40.7 Å². The average molecular weight is 478 g/mol. The Balaban J connectivity index is 1.38. The highest BCUT2D eigenvalue weighted by atomic mass is 32.1. The number of ether oxygens (including phenoxy) is 3. The molecule has 7 nitrogen and oxygen atoms in total. The van der Waals surface area contributed by atoms with E-state index in [1.165, 1.54) is 11.3 Å². The van der Waals surface area contributed by atoms with Crippen LogP contribution in [0.2, 0.25) is 0 Å². The summed E-state index contributed by atoms with van der Waals surface area (Å²) >= 11 is 3.17. The summed E-state index contributed by atoms with van der Waals surface area (Å²) in [4.78, 5) is 5.97. The van der Waals surface area contributed by atoms with Crippen molar-refractivity contribution in [3.63, 3.8) is 0 Å². The van der Waals surface area contributed by atoms with Crippen LogP contribution in [0, 0.1) is 0 Å². The maximum absolute atomic E-state index is 10.5. The summed E-state index contributed by atoms with van der Waals surface area (Å²) in [5, 5.41) is 22.1. The second-order valence-corrected chi connectivity index (χ2v) is 9.38. The predicted octanol–water partition coefficient (Wildman–Crippen LogP) is 5.67. The molecule has 0 fully saturated rings. The van der Waals surface area contributed by atoms with Crippen molar-refractivity contribution in [2.75, 3.05) is 18.9 Å². The van der Waals surface area contributed by atoms with Crippen LogP contribution in [0.3, 0.4) is 0 Å². The molecule has 2 aromatic carbocycles. The van der Waals surface area contributed by atoms with Crippen molar-refractivity contribution in [3.8, 4) is 34.3 Å². The highest BCUT2D eigenvalue weighted by Gasteiger charge is 2.33. The van der Waals surface area contributed by atoms with E-state index in [9.17, 15) is 5.11 Å². The lowest BCUT2D eigenvalue weighted by molar-refractivity contribution is 0.174. The van der Waals surface area contributed by atoms with Gasteiger partial charge in [0.2, 0.25) is 11.9 Å². The Morgan fingerprint density at radius 3 is 2.82 bits per heavy atom. The minimum absolute atomic E-state index is 0.0277. The lowest BCUT2D eigenvalue weighted by atomic mass is 10.0. The molecule has 4 heterocycles. The van der Waals surface area contributed by atoms with Gasteiger partial charge in [0.1, 0.15) is 11.5 Å². The van der Waals surface area contributed by atoms with E-state index in [0.717, 1.165) is 39.2 Å². The number of aromatic hydroxyl groups is 1. The van der Waals surface area contributed by atoms with Gasteiger partial charge in [0.15, 0.2) is 11.5 Å². The molecular formula is C24H19N3O4S2. The number of thiophene rings is 1.